The zero-order valence-corrected chi connectivity index (χ0v) is 13.8. The molecule has 1 aliphatic rings. The molecule has 0 unspecified atom stereocenters. The van der Waals surface area contributed by atoms with Crippen LogP contribution in [0.5, 0.6) is 0 Å². The molecule has 0 radical (unpaired) electrons. The molecule has 1 aromatic rings. The first-order valence-electron chi connectivity index (χ1n) is 8.67. The van der Waals surface area contributed by atoms with Gasteiger partial charge >= 0.3 is 0 Å². The molecule has 0 saturated heterocycles. The fourth-order valence-electron chi connectivity index (χ4n) is 3.33. The fourth-order valence-corrected chi connectivity index (χ4v) is 3.33. The number of rotatable bonds is 7. The minimum Gasteiger partial charge on any atom is -0.461 e. The SMILES string of the molecule is C=CCC(=C1CCCCC1)c1cc(CCCCC)c(C)o1. The van der Waals surface area contributed by atoms with Crippen LogP contribution in [0.2, 0.25) is 0 Å². The fraction of sp³-hybridized carbons (Fsp3) is 0.600. The van der Waals surface area contributed by atoms with Gasteiger partial charge in [-0.25, -0.2) is 0 Å². The van der Waals surface area contributed by atoms with Crippen LogP contribution >= 0.6 is 0 Å². The Hall–Kier alpha value is -1.24. The van der Waals surface area contributed by atoms with E-state index in [1.807, 2.05) is 6.08 Å². The van der Waals surface area contributed by atoms with Gasteiger partial charge in [-0.05, 0) is 69.1 Å². The first-order chi connectivity index (χ1) is 10.3. The van der Waals surface area contributed by atoms with Gasteiger partial charge in [0.25, 0.3) is 0 Å². The van der Waals surface area contributed by atoms with E-state index < -0.39 is 0 Å². The lowest BCUT2D eigenvalue weighted by molar-refractivity contribution is 0.512. The summed E-state index contributed by atoms with van der Waals surface area (Å²) in [6.45, 7) is 8.30. The molecule has 1 nitrogen and oxygen atoms in total. The van der Waals surface area contributed by atoms with E-state index in [0.29, 0.717) is 0 Å². The number of furan rings is 1. The first kappa shape index (κ1) is 16.1. The highest BCUT2D eigenvalue weighted by molar-refractivity contribution is 5.67. The molecule has 0 bridgehead atoms. The molecule has 0 amide bonds. The Morgan fingerprint density at radius 3 is 2.67 bits per heavy atom. The summed E-state index contributed by atoms with van der Waals surface area (Å²) in [7, 11) is 0. The second-order valence-corrected chi connectivity index (χ2v) is 6.28. The maximum Gasteiger partial charge on any atom is 0.130 e. The van der Waals surface area contributed by atoms with E-state index >= 15 is 0 Å². The number of allylic oxidation sites excluding steroid dienone is 3. The van der Waals surface area contributed by atoms with Crippen LogP contribution in [-0.4, -0.2) is 0 Å². The van der Waals surface area contributed by atoms with Crippen molar-refractivity contribution < 1.29 is 4.42 Å². The molecule has 0 aliphatic heterocycles. The van der Waals surface area contributed by atoms with E-state index in [-0.39, 0.29) is 0 Å². The van der Waals surface area contributed by atoms with Gasteiger partial charge in [0, 0.05) is 0 Å². The molecule has 1 aliphatic carbocycles. The molecule has 0 atom stereocenters. The highest BCUT2D eigenvalue weighted by Gasteiger charge is 2.16. The Morgan fingerprint density at radius 2 is 2.00 bits per heavy atom. The molecular formula is C20H30O. The molecule has 1 heterocycles. The van der Waals surface area contributed by atoms with Crippen LogP contribution < -0.4 is 0 Å². The second kappa shape index (κ2) is 8.26. The Balaban J connectivity index is 2.20. The number of unbranched alkanes of at least 4 members (excludes halogenated alkanes) is 2. The van der Waals surface area contributed by atoms with Crippen molar-refractivity contribution in [3.63, 3.8) is 0 Å². The smallest absolute Gasteiger partial charge is 0.130 e. The van der Waals surface area contributed by atoms with Crippen molar-refractivity contribution in [3.05, 3.63) is 41.4 Å². The molecule has 1 heteroatoms. The van der Waals surface area contributed by atoms with E-state index in [1.54, 1.807) is 5.57 Å². The quantitative estimate of drug-likeness (QED) is 0.406. The van der Waals surface area contributed by atoms with Gasteiger partial charge in [-0.3, -0.25) is 0 Å². The summed E-state index contributed by atoms with van der Waals surface area (Å²) in [5.74, 6) is 2.22. The van der Waals surface area contributed by atoms with Crippen LogP contribution in [0.25, 0.3) is 5.57 Å². The minimum absolute atomic E-state index is 0.941. The van der Waals surface area contributed by atoms with E-state index in [9.17, 15) is 0 Å². The van der Waals surface area contributed by atoms with Gasteiger partial charge in [0.05, 0.1) is 0 Å². The Bertz CT molecular complexity index is 482. The van der Waals surface area contributed by atoms with E-state index in [1.165, 1.54) is 62.5 Å². The van der Waals surface area contributed by atoms with Gasteiger partial charge in [-0.15, -0.1) is 6.58 Å². The van der Waals surface area contributed by atoms with Crippen LogP contribution in [0.15, 0.2) is 28.7 Å². The minimum atomic E-state index is 0.941. The molecule has 1 aromatic heterocycles. The lowest BCUT2D eigenvalue weighted by Crippen LogP contribution is -1.98. The number of hydrogen-bond acceptors (Lipinski definition) is 1. The van der Waals surface area contributed by atoms with Crippen LogP contribution in [0, 0.1) is 6.92 Å². The van der Waals surface area contributed by atoms with Gasteiger partial charge in [0.2, 0.25) is 0 Å². The summed E-state index contributed by atoms with van der Waals surface area (Å²) in [6, 6.07) is 2.30. The summed E-state index contributed by atoms with van der Waals surface area (Å²) < 4.78 is 6.11. The standard InChI is InChI=1S/C20H30O/c1-4-6-8-14-18-15-20(21-16(18)3)19(11-5-2)17-12-9-7-10-13-17/h5,15H,2,4,6-14H2,1,3H3. The molecule has 21 heavy (non-hydrogen) atoms. The third-order valence-corrected chi connectivity index (χ3v) is 4.60. The van der Waals surface area contributed by atoms with Gasteiger partial charge in [0.15, 0.2) is 0 Å². The average molecular weight is 286 g/mol. The van der Waals surface area contributed by atoms with Crippen LogP contribution in [0.3, 0.4) is 0 Å². The van der Waals surface area contributed by atoms with Crippen LogP contribution in [0.1, 0.15) is 81.8 Å². The third kappa shape index (κ3) is 4.36. The average Bonchev–Trinajstić information content (AvgIpc) is 2.87. The molecule has 1 fully saturated rings. The van der Waals surface area contributed by atoms with Crippen molar-refractivity contribution in [3.8, 4) is 0 Å². The monoisotopic (exact) mass is 286 g/mol. The van der Waals surface area contributed by atoms with Crippen LogP contribution in [0.4, 0.5) is 0 Å². The van der Waals surface area contributed by atoms with Crippen molar-refractivity contribution in [1.82, 2.24) is 0 Å². The maximum absolute atomic E-state index is 6.11. The summed E-state index contributed by atoms with van der Waals surface area (Å²) in [6.07, 6.45) is 14.5. The molecule has 0 N–H and O–H groups in total. The largest absolute Gasteiger partial charge is 0.461 e. The van der Waals surface area contributed by atoms with Crippen molar-refractivity contribution in [2.24, 2.45) is 0 Å². The third-order valence-electron chi connectivity index (χ3n) is 4.60. The number of aryl methyl sites for hydroxylation is 2. The van der Waals surface area contributed by atoms with Crippen molar-refractivity contribution in [1.29, 1.82) is 0 Å². The van der Waals surface area contributed by atoms with Gasteiger partial charge in [-0.2, -0.15) is 0 Å². The lowest BCUT2D eigenvalue weighted by atomic mass is 9.89. The van der Waals surface area contributed by atoms with E-state index in [2.05, 4.69) is 26.5 Å². The van der Waals surface area contributed by atoms with E-state index in [0.717, 1.165) is 24.4 Å². The predicted molar refractivity (Wildman–Crippen MR) is 91.5 cm³/mol. The zero-order valence-electron chi connectivity index (χ0n) is 13.8. The van der Waals surface area contributed by atoms with Crippen LogP contribution in [-0.2, 0) is 6.42 Å². The molecule has 0 aromatic carbocycles. The summed E-state index contributed by atoms with van der Waals surface area (Å²) >= 11 is 0. The maximum atomic E-state index is 6.11. The highest BCUT2D eigenvalue weighted by atomic mass is 16.3. The van der Waals surface area contributed by atoms with Gasteiger partial charge in [-0.1, -0.05) is 37.8 Å². The zero-order chi connectivity index (χ0) is 15.1. The Labute approximate surface area is 130 Å². The lowest BCUT2D eigenvalue weighted by Gasteiger charge is -2.17. The second-order valence-electron chi connectivity index (χ2n) is 6.28. The summed E-state index contributed by atoms with van der Waals surface area (Å²) in [5.41, 5.74) is 4.42. The molecule has 0 spiro atoms. The Kier molecular flexibility index (Phi) is 6.35. The highest BCUT2D eigenvalue weighted by Crippen LogP contribution is 2.34. The summed E-state index contributed by atoms with van der Waals surface area (Å²) in [4.78, 5) is 0. The first-order valence-corrected chi connectivity index (χ1v) is 8.67. The predicted octanol–water partition coefficient (Wildman–Crippen LogP) is 6.61. The van der Waals surface area contributed by atoms with Crippen molar-refractivity contribution in [2.45, 2.75) is 78.1 Å². The molecule has 1 saturated carbocycles. The molecule has 2 rings (SSSR count). The molecular weight excluding hydrogens is 256 g/mol. The molecule has 116 valence electrons. The number of hydrogen-bond donors (Lipinski definition) is 0. The summed E-state index contributed by atoms with van der Waals surface area (Å²) in [5, 5.41) is 0. The van der Waals surface area contributed by atoms with Crippen molar-refractivity contribution >= 4 is 5.57 Å². The normalized spacial score (nSPS) is 15.2. The van der Waals surface area contributed by atoms with Gasteiger partial charge < -0.3 is 4.42 Å². The van der Waals surface area contributed by atoms with Gasteiger partial charge in [0.1, 0.15) is 11.5 Å². The Morgan fingerprint density at radius 1 is 1.24 bits per heavy atom. The van der Waals surface area contributed by atoms with E-state index in [4.69, 9.17) is 4.42 Å². The topological polar surface area (TPSA) is 13.1 Å². The van der Waals surface area contributed by atoms with Crippen molar-refractivity contribution in [2.75, 3.05) is 0 Å².